The number of ether oxygens (including phenoxy) is 1. The molecule has 0 unspecified atom stereocenters. The van der Waals surface area contributed by atoms with Crippen LogP contribution < -0.4 is 16.0 Å². The molecule has 1 amide bonds. The van der Waals surface area contributed by atoms with E-state index >= 15 is 0 Å². The minimum Gasteiger partial charge on any atom is -0.493 e. The molecule has 2 aromatic heterocycles. The number of hydrogen-bond acceptors (Lipinski definition) is 5. The molecule has 2 heterocycles. The van der Waals surface area contributed by atoms with Gasteiger partial charge >= 0.3 is 0 Å². The maximum Gasteiger partial charge on any atom is 0.282 e. The van der Waals surface area contributed by atoms with Gasteiger partial charge in [0.05, 0.1) is 17.8 Å². The molecule has 6 nitrogen and oxygen atoms in total. The maximum absolute atomic E-state index is 12.3. The second kappa shape index (κ2) is 8.06. The first kappa shape index (κ1) is 19.2. The Balaban J connectivity index is 1.69. The number of para-hydroxylation sites is 1. The van der Waals surface area contributed by atoms with Gasteiger partial charge in [-0.1, -0.05) is 32.0 Å². The Labute approximate surface area is 172 Å². The highest BCUT2D eigenvalue weighted by Crippen LogP contribution is 2.30. The average Bonchev–Trinajstić information content (AvgIpc) is 3.36. The van der Waals surface area contributed by atoms with E-state index in [1.54, 1.807) is 0 Å². The van der Waals surface area contributed by atoms with Gasteiger partial charge in [0, 0.05) is 16.3 Å². The summed E-state index contributed by atoms with van der Waals surface area (Å²) in [5, 5.41) is 3.65. The van der Waals surface area contributed by atoms with E-state index in [0.29, 0.717) is 23.4 Å². The molecule has 0 aliphatic heterocycles. The van der Waals surface area contributed by atoms with E-state index in [9.17, 15) is 4.79 Å². The van der Waals surface area contributed by atoms with Gasteiger partial charge in [0.1, 0.15) is 11.4 Å². The number of rotatable bonds is 6. The summed E-state index contributed by atoms with van der Waals surface area (Å²) in [6.07, 6.45) is 0. The number of hydrogen-bond donors (Lipinski definition) is 2. The fourth-order valence-electron chi connectivity index (χ4n) is 3.09. The third-order valence-electron chi connectivity index (χ3n) is 4.49. The fraction of sp³-hybridized carbons (Fsp3) is 0.182. The molecule has 29 heavy (non-hydrogen) atoms. The number of nitrogens with zero attached hydrogens (tertiary/aromatic N) is 2. The SMILES string of the molecule is CC(C)COc1ccc(-c2csc(-n3c(C(=O)NN)cc4ccccc43)n2)cc1. The molecule has 0 bridgehead atoms. The topological polar surface area (TPSA) is 82.2 Å². The number of nitrogen functional groups attached to an aromatic ring is 1. The molecular weight excluding hydrogens is 384 g/mol. The van der Waals surface area contributed by atoms with Crippen molar-refractivity contribution in [3.8, 4) is 22.1 Å². The fourth-order valence-corrected chi connectivity index (χ4v) is 3.95. The molecule has 4 rings (SSSR count). The van der Waals surface area contributed by atoms with Gasteiger partial charge in [-0.3, -0.25) is 14.8 Å². The van der Waals surface area contributed by atoms with Crippen molar-refractivity contribution in [3.63, 3.8) is 0 Å². The summed E-state index contributed by atoms with van der Waals surface area (Å²) in [4.78, 5) is 17.1. The maximum atomic E-state index is 12.3. The number of fused-ring (bicyclic) bond motifs is 1. The van der Waals surface area contributed by atoms with Crippen molar-refractivity contribution in [1.29, 1.82) is 0 Å². The van der Waals surface area contributed by atoms with Gasteiger partial charge in [-0.15, -0.1) is 11.3 Å². The molecule has 2 aromatic carbocycles. The first-order valence-electron chi connectivity index (χ1n) is 9.37. The van der Waals surface area contributed by atoms with Crippen LogP contribution >= 0.6 is 11.3 Å². The van der Waals surface area contributed by atoms with E-state index in [0.717, 1.165) is 27.9 Å². The Bertz CT molecular complexity index is 1150. The number of hydrazine groups is 1. The Morgan fingerprint density at radius 3 is 2.69 bits per heavy atom. The quantitative estimate of drug-likeness (QED) is 0.283. The van der Waals surface area contributed by atoms with E-state index in [1.807, 2.05) is 64.5 Å². The van der Waals surface area contributed by atoms with Gasteiger partial charge in [0.25, 0.3) is 5.91 Å². The van der Waals surface area contributed by atoms with Crippen molar-refractivity contribution in [2.24, 2.45) is 11.8 Å². The number of thiazole rings is 1. The van der Waals surface area contributed by atoms with Crippen LogP contribution in [0.3, 0.4) is 0 Å². The first-order valence-corrected chi connectivity index (χ1v) is 10.3. The molecule has 4 aromatic rings. The normalized spacial score (nSPS) is 11.2. The lowest BCUT2D eigenvalue weighted by molar-refractivity contribution is 0.0947. The Kier molecular flexibility index (Phi) is 5.33. The van der Waals surface area contributed by atoms with Crippen molar-refractivity contribution >= 4 is 28.1 Å². The summed E-state index contributed by atoms with van der Waals surface area (Å²) in [7, 11) is 0. The third-order valence-corrected chi connectivity index (χ3v) is 5.32. The number of carbonyl (C=O) groups is 1. The van der Waals surface area contributed by atoms with Crippen LogP contribution in [0.25, 0.3) is 27.3 Å². The zero-order valence-corrected chi connectivity index (χ0v) is 17.1. The van der Waals surface area contributed by atoms with Crippen molar-refractivity contribution in [1.82, 2.24) is 15.0 Å². The largest absolute Gasteiger partial charge is 0.493 e. The molecular formula is C22H22N4O2S. The molecule has 0 atom stereocenters. The summed E-state index contributed by atoms with van der Waals surface area (Å²) in [5.41, 5.74) is 5.41. The number of aromatic nitrogens is 2. The van der Waals surface area contributed by atoms with E-state index in [-0.39, 0.29) is 5.91 Å². The van der Waals surface area contributed by atoms with Crippen molar-refractivity contribution < 1.29 is 9.53 Å². The third kappa shape index (κ3) is 3.87. The summed E-state index contributed by atoms with van der Waals surface area (Å²) in [6, 6.07) is 17.5. The van der Waals surface area contributed by atoms with Crippen LogP contribution in [0, 0.1) is 5.92 Å². The van der Waals surface area contributed by atoms with E-state index < -0.39 is 0 Å². The van der Waals surface area contributed by atoms with Crippen LogP contribution in [0.5, 0.6) is 5.75 Å². The van der Waals surface area contributed by atoms with Gasteiger partial charge in [-0.25, -0.2) is 10.8 Å². The number of nitrogens with one attached hydrogen (secondary N) is 1. The van der Waals surface area contributed by atoms with E-state index in [4.69, 9.17) is 15.6 Å². The van der Waals surface area contributed by atoms with Gasteiger partial charge in [0.2, 0.25) is 0 Å². The average molecular weight is 407 g/mol. The van der Waals surface area contributed by atoms with Crippen molar-refractivity contribution in [3.05, 3.63) is 65.7 Å². The molecule has 0 saturated carbocycles. The molecule has 148 valence electrons. The first-order chi connectivity index (χ1) is 14.1. The van der Waals surface area contributed by atoms with Crippen LogP contribution in [-0.4, -0.2) is 22.1 Å². The van der Waals surface area contributed by atoms with Crippen molar-refractivity contribution in [2.45, 2.75) is 13.8 Å². The highest BCUT2D eigenvalue weighted by atomic mass is 32.1. The smallest absolute Gasteiger partial charge is 0.282 e. The number of carbonyl (C=O) groups excluding carboxylic acids is 1. The molecule has 0 spiro atoms. The lowest BCUT2D eigenvalue weighted by atomic mass is 10.2. The Morgan fingerprint density at radius 1 is 1.21 bits per heavy atom. The zero-order valence-electron chi connectivity index (χ0n) is 16.3. The number of amides is 1. The Hall–Kier alpha value is -3.16. The molecule has 0 fully saturated rings. The summed E-state index contributed by atoms with van der Waals surface area (Å²) >= 11 is 1.48. The van der Waals surface area contributed by atoms with Gasteiger partial charge in [-0.05, 0) is 42.3 Å². The van der Waals surface area contributed by atoms with E-state index in [1.165, 1.54) is 11.3 Å². The second-order valence-corrected chi connectivity index (χ2v) is 7.98. The zero-order chi connectivity index (χ0) is 20.4. The number of nitrogens with two attached hydrogens (primary N) is 1. The molecule has 0 saturated heterocycles. The molecule has 0 aliphatic rings. The van der Waals surface area contributed by atoms with Gasteiger partial charge in [-0.2, -0.15) is 0 Å². The van der Waals surface area contributed by atoms with E-state index in [2.05, 4.69) is 19.3 Å². The van der Waals surface area contributed by atoms with Crippen LogP contribution in [0.4, 0.5) is 0 Å². The standard InChI is InChI=1S/C22H22N4O2S/c1-14(2)12-28-17-9-7-15(8-10-17)18-13-29-22(24-18)26-19-6-4-3-5-16(19)11-20(26)21(27)25-23/h3-11,13-14H,12,23H2,1-2H3,(H,25,27). The van der Waals surface area contributed by atoms with Crippen LogP contribution in [0.2, 0.25) is 0 Å². The summed E-state index contributed by atoms with van der Waals surface area (Å²) in [5.74, 6) is 6.35. The summed E-state index contributed by atoms with van der Waals surface area (Å²) < 4.78 is 7.59. The molecule has 0 aliphatic carbocycles. The lowest BCUT2D eigenvalue weighted by Gasteiger charge is -2.08. The minimum absolute atomic E-state index is 0.357. The molecule has 7 heteroatoms. The van der Waals surface area contributed by atoms with Crippen LogP contribution in [0.1, 0.15) is 24.3 Å². The van der Waals surface area contributed by atoms with Gasteiger partial charge < -0.3 is 4.74 Å². The lowest BCUT2D eigenvalue weighted by Crippen LogP contribution is -2.31. The van der Waals surface area contributed by atoms with Gasteiger partial charge in [0.15, 0.2) is 5.13 Å². The van der Waals surface area contributed by atoms with Crippen LogP contribution in [-0.2, 0) is 0 Å². The second-order valence-electron chi connectivity index (χ2n) is 7.14. The monoisotopic (exact) mass is 406 g/mol. The minimum atomic E-state index is -0.357. The highest BCUT2D eigenvalue weighted by Gasteiger charge is 2.18. The van der Waals surface area contributed by atoms with Crippen molar-refractivity contribution in [2.75, 3.05) is 6.61 Å². The predicted octanol–water partition coefficient (Wildman–Crippen LogP) is 4.39. The highest BCUT2D eigenvalue weighted by molar-refractivity contribution is 7.12. The molecule has 3 N–H and O–H groups in total. The molecule has 0 radical (unpaired) electrons. The van der Waals surface area contributed by atoms with Crippen LogP contribution in [0.15, 0.2) is 60.0 Å². The number of benzene rings is 2. The summed E-state index contributed by atoms with van der Waals surface area (Å²) in [6.45, 7) is 4.93. The Morgan fingerprint density at radius 2 is 1.97 bits per heavy atom. The predicted molar refractivity (Wildman–Crippen MR) is 116 cm³/mol.